The van der Waals surface area contributed by atoms with Gasteiger partial charge in [0.1, 0.15) is 0 Å². The zero-order valence-corrected chi connectivity index (χ0v) is 26.2. The fourth-order valence-corrected chi connectivity index (χ4v) is 7.90. The Balaban J connectivity index is 1.20. The minimum Gasteiger partial charge on any atom is -0.316 e. The van der Waals surface area contributed by atoms with Crippen molar-refractivity contribution in [2.24, 2.45) is 0 Å². The van der Waals surface area contributed by atoms with Gasteiger partial charge in [0.25, 0.3) is 0 Å². The van der Waals surface area contributed by atoms with Crippen LogP contribution >= 0.6 is 0 Å². The van der Waals surface area contributed by atoms with Crippen LogP contribution < -0.4 is 0 Å². The molecule has 0 bridgehead atoms. The van der Waals surface area contributed by atoms with Gasteiger partial charge in [-0.05, 0) is 86.3 Å². The fourth-order valence-electron chi connectivity index (χ4n) is 7.90. The first-order chi connectivity index (χ1) is 23.8. The van der Waals surface area contributed by atoms with Gasteiger partial charge in [-0.15, -0.1) is 0 Å². The summed E-state index contributed by atoms with van der Waals surface area (Å²) in [6, 6.07) is 63.9. The topological polar surface area (TPSA) is 9.86 Å². The summed E-state index contributed by atoms with van der Waals surface area (Å²) in [5.41, 5.74) is 11.0. The van der Waals surface area contributed by atoms with Gasteiger partial charge in [-0.3, -0.25) is 0 Å². The minimum atomic E-state index is 1.15. The average Bonchev–Trinajstić information content (AvgIpc) is 3.74. The van der Waals surface area contributed by atoms with Crippen molar-refractivity contribution >= 4 is 54.3 Å². The molecule has 0 atom stereocenters. The van der Waals surface area contributed by atoms with E-state index in [1.165, 1.54) is 82.2 Å². The molecule has 0 unspecified atom stereocenters. The molecule has 0 amide bonds. The Kier molecular flexibility index (Phi) is 5.91. The van der Waals surface area contributed by atoms with Crippen LogP contribution in [0.15, 0.2) is 182 Å². The van der Waals surface area contributed by atoms with Crippen LogP contribution in [-0.4, -0.2) is 9.13 Å². The molecule has 2 heterocycles. The summed E-state index contributed by atoms with van der Waals surface area (Å²) >= 11 is 0. The van der Waals surface area contributed by atoms with E-state index in [9.17, 15) is 0 Å². The number of benzene rings is 8. The Labute approximate surface area is 278 Å². The SMILES string of the molecule is c1ccc(-c2c3ccccc3c(-c3ccc(-n4c5ccccc5c5c6c(ccc54)ccn6-c4ccccc4)cc3)c3ccccc23)cc1. The lowest BCUT2D eigenvalue weighted by atomic mass is 9.86. The molecule has 10 rings (SSSR count). The van der Waals surface area contributed by atoms with E-state index in [2.05, 4.69) is 191 Å². The highest BCUT2D eigenvalue weighted by Gasteiger charge is 2.19. The van der Waals surface area contributed by atoms with Crippen LogP contribution in [0.1, 0.15) is 0 Å². The van der Waals surface area contributed by atoms with E-state index in [0.717, 1.165) is 5.69 Å². The zero-order chi connectivity index (χ0) is 31.6. The Morgan fingerprint density at radius 2 is 0.854 bits per heavy atom. The summed E-state index contributed by atoms with van der Waals surface area (Å²) in [4.78, 5) is 0. The van der Waals surface area contributed by atoms with E-state index in [4.69, 9.17) is 0 Å². The third-order valence-corrected chi connectivity index (χ3v) is 9.93. The van der Waals surface area contributed by atoms with E-state index < -0.39 is 0 Å². The number of hydrogen-bond acceptors (Lipinski definition) is 0. The average molecular weight is 611 g/mol. The van der Waals surface area contributed by atoms with Crippen molar-refractivity contribution in [3.05, 3.63) is 182 Å². The normalized spacial score (nSPS) is 11.8. The number of rotatable bonds is 4. The fraction of sp³-hybridized carbons (Fsp3) is 0. The van der Waals surface area contributed by atoms with Crippen molar-refractivity contribution in [3.8, 4) is 33.6 Å². The summed E-state index contributed by atoms with van der Waals surface area (Å²) in [5, 5.41) is 8.85. The molecule has 0 aliphatic carbocycles. The third kappa shape index (κ3) is 3.93. The van der Waals surface area contributed by atoms with Gasteiger partial charge in [-0.1, -0.05) is 133 Å². The van der Waals surface area contributed by atoms with Crippen molar-refractivity contribution in [1.29, 1.82) is 0 Å². The maximum Gasteiger partial charge on any atom is 0.0628 e. The van der Waals surface area contributed by atoms with Crippen LogP contribution in [0.3, 0.4) is 0 Å². The smallest absolute Gasteiger partial charge is 0.0628 e. The first-order valence-corrected chi connectivity index (χ1v) is 16.5. The number of para-hydroxylation sites is 2. The van der Waals surface area contributed by atoms with E-state index in [1.54, 1.807) is 0 Å². The summed E-state index contributed by atoms with van der Waals surface area (Å²) in [6.45, 7) is 0. The van der Waals surface area contributed by atoms with Gasteiger partial charge < -0.3 is 9.13 Å². The summed E-state index contributed by atoms with van der Waals surface area (Å²) in [6.07, 6.45) is 2.19. The first-order valence-electron chi connectivity index (χ1n) is 16.5. The lowest BCUT2D eigenvalue weighted by Gasteiger charge is -2.18. The molecule has 2 heteroatoms. The van der Waals surface area contributed by atoms with E-state index in [0.29, 0.717) is 0 Å². The molecule has 8 aromatic carbocycles. The quantitative estimate of drug-likeness (QED) is 0.175. The molecule has 0 spiro atoms. The van der Waals surface area contributed by atoms with Crippen LogP contribution in [0.25, 0.3) is 87.9 Å². The summed E-state index contributed by atoms with van der Waals surface area (Å²) in [7, 11) is 0. The number of fused-ring (bicyclic) bond motifs is 7. The van der Waals surface area contributed by atoms with E-state index in [1.807, 2.05) is 0 Å². The molecule has 2 aromatic heterocycles. The van der Waals surface area contributed by atoms with Crippen molar-refractivity contribution in [2.75, 3.05) is 0 Å². The number of nitrogens with zero attached hydrogens (tertiary/aromatic N) is 2. The lowest BCUT2D eigenvalue weighted by molar-refractivity contribution is 1.13. The molecule has 0 fully saturated rings. The number of aromatic nitrogens is 2. The van der Waals surface area contributed by atoms with E-state index >= 15 is 0 Å². The van der Waals surface area contributed by atoms with Crippen molar-refractivity contribution in [1.82, 2.24) is 9.13 Å². The predicted molar refractivity (Wildman–Crippen MR) is 203 cm³/mol. The maximum atomic E-state index is 2.42. The van der Waals surface area contributed by atoms with Gasteiger partial charge in [0, 0.05) is 33.7 Å². The molecule has 0 saturated carbocycles. The van der Waals surface area contributed by atoms with Crippen molar-refractivity contribution in [3.63, 3.8) is 0 Å². The van der Waals surface area contributed by atoms with Gasteiger partial charge in [0.2, 0.25) is 0 Å². The van der Waals surface area contributed by atoms with Gasteiger partial charge in [-0.25, -0.2) is 0 Å². The van der Waals surface area contributed by atoms with Crippen LogP contribution in [-0.2, 0) is 0 Å². The molecular weight excluding hydrogens is 581 g/mol. The molecule has 0 radical (unpaired) electrons. The van der Waals surface area contributed by atoms with Gasteiger partial charge in [0.15, 0.2) is 0 Å². The molecule has 10 aromatic rings. The highest BCUT2D eigenvalue weighted by Crippen LogP contribution is 2.44. The Morgan fingerprint density at radius 1 is 0.333 bits per heavy atom. The van der Waals surface area contributed by atoms with Crippen LogP contribution in [0.2, 0.25) is 0 Å². The Bertz CT molecular complexity index is 2750. The Hall–Kier alpha value is -6.38. The third-order valence-electron chi connectivity index (χ3n) is 9.93. The number of hydrogen-bond donors (Lipinski definition) is 0. The molecule has 0 aliphatic rings. The molecular formula is C46H30N2. The summed E-state index contributed by atoms with van der Waals surface area (Å²) < 4.78 is 4.75. The van der Waals surface area contributed by atoms with Gasteiger partial charge in [-0.2, -0.15) is 0 Å². The molecule has 2 nitrogen and oxygen atoms in total. The minimum absolute atomic E-state index is 1.15. The van der Waals surface area contributed by atoms with E-state index in [-0.39, 0.29) is 0 Å². The molecule has 0 aliphatic heterocycles. The molecule has 0 saturated heterocycles. The van der Waals surface area contributed by atoms with Crippen LogP contribution in [0.5, 0.6) is 0 Å². The van der Waals surface area contributed by atoms with Crippen LogP contribution in [0, 0.1) is 0 Å². The maximum absolute atomic E-state index is 2.42. The first kappa shape index (κ1) is 26.8. The van der Waals surface area contributed by atoms with Gasteiger partial charge in [0.05, 0.1) is 16.6 Å². The van der Waals surface area contributed by atoms with Crippen molar-refractivity contribution < 1.29 is 0 Å². The second-order valence-corrected chi connectivity index (χ2v) is 12.5. The van der Waals surface area contributed by atoms with Crippen molar-refractivity contribution in [2.45, 2.75) is 0 Å². The highest BCUT2D eigenvalue weighted by molar-refractivity contribution is 6.22. The van der Waals surface area contributed by atoms with Gasteiger partial charge >= 0.3 is 0 Å². The second kappa shape index (κ2) is 10.6. The summed E-state index contributed by atoms with van der Waals surface area (Å²) in [5.74, 6) is 0. The second-order valence-electron chi connectivity index (χ2n) is 12.5. The molecule has 48 heavy (non-hydrogen) atoms. The predicted octanol–water partition coefficient (Wildman–Crippen LogP) is 12.4. The lowest BCUT2D eigenvalue weighted by Crippen LogP contribution is -1.95. The highest BCUT2D eigenvalue weighted by atomic mass is 15.0. The molecule has 0 N–H and O–H groups in total. The zero-order valence-electron chi connectivity index (χ0n) is 26.2. The largest absolute Gasteiger partial charge is 0.316 e. The monoisotopic (exact) mass is 610 g/mol. The Morgan fingerprint density at radius 3 is 1.48 bits per heavy atom. The van der Waals surface area contributed by atoms with Crippen LogP contribution in [0.4, 0.5) is 0 Å². The molecule has 224 valence electrons. The standard InChI is InChI=1S/C46H30N2/c1-3-13-31(14-4-1)43-36-17-7-9-19-38(36)44(39-20-10-8-18-37(39)43)32-23-26-35(27-24-32)48-41-22-12-11-21-40(41)45-42(48)28-25-33-29-30-47(46(33)45)34-15-5-2-6-16-34/h1-30H.